The number of furan rings is 1. The Morgan fingerprint density at radius 2 is 1.92 bits per heavy atom. The summed E-state index contributed by atoms with van der Waals surface area (Å²) in [5, 5.41) is 3.17. The molecule has 0 aliphatic carbocycles. The summed E-state index contributed by atoms with van der Waals surface area (Å²) in [5.74, 6) is 1.03. The number of benzene rings is 1. The molecule has 0 bridgehead atoms. The maximum absolute atomic E-state index is 12.7. The predicted molar refractivity (Wildman–Crippen MR) is 96.8 cm³/mol. The molecule has 5 nitrogen and oxygen atoms in total. The van der Waals surface area contributed by atoms with Crippen molar-refractivity contribution in [2.45, 2.75) is 26.3 Å². The smallest absolute Gasteiger partial charge is 0.287 e. The minimum absolute atomic E-state index is 0.0257. The average molecular weight is 342 g/mol. The molecule has 2 aromatic rings. The summed E-state index contributed by atoms with van der Waals surface area (Å²) in [6, 6.07) is 12.2. The van der Waals surface area contributed by atoms with Crippen LogP contribution in [0, 0.1) is 13.8 Å². The lowest BCUT2D eigenvalue weighted by molar-refractivity contribution is 0.0332. The van der Waals surface area contributed by atoms with Crippen molar-refractivity contribution in [3.8, 4) is 0 Å². The van der Waals surface area contributed by atoms with E-state index in [1.807, 2.05) is 38.1 Å². The normalized spacial score (nSPS) is 16.6. The molecule has 1 saturated heterocycles. The van der Waals surface area contributed by atoms with Crippen molar-refractivity contribution >= 4 is 5.91 Å². The zero-order valence-corrected chi connectivity index (χ0v) is 15.0. The van der Waals surface area contributed by atoms with Gasteiger partial charge in [0.2, 0.25) is 0 Å². The molecule has 0 radical (unpaired) electrons. The van der Waals surface area contributed by atoms with Crippen molar-refractivity contribution in [1.82, 2.24) is 10.2 Å². The number of nitrogens with zero attached hydrogens (tertiary/aromatic N) is 1. The Bertz CT molecular complexity index is 690. The lowest BCUT2D eigenvalue weighted by atomic mass is 10.0. The fraction of sp³-hybridized carbons (Fsp3) is 0.450. The molecule has 1 atom stereocenters. The minimum atomic E-state index is -0.139. The largest absolute Gasteiger partial charge is 0.456 e. The van der Waals surface area contributed by atoms with Crippen molar-refractivity contribution in [2.75, 3.05) is 32.8 Å². The van der Waals surface area contributed by atoms with Crippen molar-refractivity contribution in [1.29, 1.82) is 0 Å². The number of hydrogen-bond acceptors (Lipinski definition) is 4. The predicted octanol–water partition coefficient (Wildman–Crippen LogP) is 2.57. The molecule has 1 aromatic heterocycles. The molecule has 1 aliphatic heterocycles. The summed E-state index contributed by atoms with van der Waals surface area (Å²) in [5.41, 5.74) is 2.09. The van der Waals surface area contributed by atoms with Gasteiger partial charge in [-0.3, -0.25) is 9.69 Å². The number of ether oxygens (including phenoxy) is 1. The standard InChI is InChI=1S/C20H26N2O3/c1-15-12-16(2)25-19(15)20(23)21-18(13-17-6-4-3-5-7-17)14-22-8-10-24-11-9-22/h3-7,12,18H,8-11,13-14H2,1-2H3,(H,21,23). The van der Waals surface area contributed by atoms with E-state index in [9.17, 15) is 4.79 Å². The maximum atomic E-state index is 12.7. The van der Waals surface area contributed by atoms with Crippen LogP contribution in [0.1, 0.15) is 27.4 Å². The van der Waals surface area contributed by atoms with Gasteiger partial charge in [-0.1, -0.05) is 30.3 Å². The van der Waals surface area contributed by atoms with Gasteiger partial charge in [0.15, 0.2) is 5.76 Å². The summed E-state index contributed by atoms with van der Waals surface area (Å²) in [4.78, 5) is 15.0. The Morgan fingerprint density at radius 1 is 1.20 bits per heavy atom. The number of aryl methyl sites for hydroxylation is 2. The Labute approximate surface area is 149 Å². The lowest BCUT2D eigenvalue weighted by Crippen LogP contribution is -2.48. The van der Waals surface area contributed by atoms with E-state index in [1.54, 1.807) is 0 Å². The van der Waals surface area contributed by atoms with Gasteiger partial charge in [0.05, 0.1) is 13.2 Å². The first kappa shape index (κ1) is 17.7. The highest BCUT2D eigenvalue weighted by atomic mass is 16.5. The zero-order chi connectivity index (χ0) is 17.6. The lowest BCUT2D eigenvalue weighted by Gasteiger charge is -2.30. The van der Waals surface area contributed by atoms with Crippen molar-refractivity contribution in [3.05, 3.63) is 59.0 Å². The minimum Gasteiger partial charge on any atom is -0.456 e. The molecule has 0 spiro atoms. The third-order valence-electron chi connectivity index (χ3n) is 4.49. The number of amides is 1. The second-order valence-corrected chi connectivity index (χ2v) is 6.64. The highest BCUT2D eigenvalue weighted by molar-refractivity contribution is 5.93. The first-order chi connectivity index (χ1) is 12.1. The first-order valence-corrected chi connectivity index (χ1v) is 8.84. The molecular formula is C20H26N2O3. The van der Waals surface area contributed by atoms with E-state index in [-0.39, 0.29) is 11.9 Å². The van der Waals surface area contributed by atoms with Gasteiger partial charge in [-0.2, -0.15) is 0 Å². The van der Waals surface area contributed by atoms with E-state index < -0.39 is 0 Å². The molecular weight excluding hydrogens is 316 g/mol. The highest BCUT2D eigenvalue weighted by Crippen LogP contribution is 2.14. The Balaban J connectivity index is 1.70. The molecule has 3 rings (SSSR count). The molecule has 25 heavy (non-hydrogen) atoms. The fourth-order valence-electron chi connectivity index (χ4n) is 3.27. The quantitative estimate of drug-likeness (QED) is 0.877. The zero-order valence-electron chi connectivity index (χ0n) is 15.0. The van der Waals surface area contributed by atoms with Crippen LogP contribution in [-0.2, 0) is 11.2 Å². The van der Waals surface area contributed by atoms with Gasteiger partial charge < -0.3 is 14.5 Å². The van der Waals surface area contributed by atoms with Crippen LogP contribution in [-0.4, -0.2) is 49.7 Å². The van der Waals surface area contributed by atoms with E-state index >= 15 is 0 Å². The Hall–Kier alpha value is -2.11. The molecule has 5 heteroatoms. The van der Waals surface area contributed by atoms with Crippen molar-refractivity contribution in [2.24, 2.45) is 0 Å². The van der Waals surface area contributed by atoms with Gasteiger partial charge >= 0.3 is 0 Å². The topological polar surface area (TPSA) is 54.7 Å². The van der Waals surface area contributed by atoms with Gasteiger partial charge in [0, 0.05) is 31.2 Å². The molecule has 1 unspecified atom stereocenters. The van der Waals surface area contributed by atoms with Crippen LogP contribution in [0.4, 0.5) is 0 Å². The molecule has 1 amide bonds. The monoisotopic (exact) mass is 342 g/mol. The number of carbonyl (C=O) groups excluding carboxylic acids is 1. The number of hydrogen-bond donors (Lipinski definition) is 1. The summed E-state index contributed by atoms with van der Waals surface area (Å²) < 4.78 is 11.0. The second kappa shape index (κ2) is 8.32. The van der Waals surface area contributed by atoms with E-state index in [0.717, 1.165) is 50.6 Å². The van der Waals surface area contributed by atoms with Crippen LogP contribution >= 0.6 is 0 Å². The van der Waals surface area contributed by atoms with Gasteiger partial charge in [-0.05, 0) is 31.9 Å². The van der Waals surface area contributed by atoms with Crippen LogP contribution in [0.15, 0.2) is 40.8 Å². The number of morpholine rings is 1. The first-order valence-electron chi connectivity index (χ1n) is 8.84. The van der Waals surface area contributed by atoms with Gasteiger partial charge in [-0.15, -0.1) is 0 Å². The van der Waals surface area contributed by atoms with Crippen LogP contribution in [0.2, 0.25) is 0 Å². The van der Waals surface area contributed by atoms with Crippen LogP contribution in [0.3, 0.4) is 0 Å². The number of carbonyl (C=O) groups is 1. The van der Waals surface area contributed by atoms with E-state index in [0.29, 0.717) is 5.76 Å². The average Bonchev–Trinajstić information content (AvgIpc) is 2.95. The molecule has 134 valence electrons. The molecule has 1 aliphatic rings. The fourth-order valence-corrected chi connectivity index (χ4v) is 3.27. The van der Waals surface area contributed by atoms with Crippen molar-refractivity contribution < 1.29 is 13.9 Å². The van der Waals surface area contributed by atoms with Gasteiger partial charge in [-0.25, -0.2) is 0 Å². The van der Waals surface area contributed by atoms with E-state index in [2.05, 4.69) is 22.3 Å². The third-order valence-corrected chi connectivity index (χ3v) is 4.49. The van der Waals surface area contributed by atoms with Crippen molar-refractivity contribution in [3.63, 3.8) is 0 Å². The maximum Gasteiger partial charge on any atom is 0.287 e. The number of rotatable bonds is 6. The Morgan fingerprint density at radius 3 is 2.56 bits per heavy atom. The summed E-state index contributed by atoms with van der Waals surface area (Å²) in [6.07, 6.45) is 0.794. The second-order valence-electron chi connectivity index (χ2n) is 6.64. The van der Waals surface area contributed by atoms with Crippen LogP contribution in [0.5, 0.6) is 0 Å². The van der Waals surface area contributed by atoms with E-state index in [1.165, 1.54) is 5.56 Å². The van der Waals surface area contributed by atoms with Gasteiger partial charge in [0.25, 0.3) is 5.91 Å². The molecule has 1 N–H and O–H groups in total. The van der Waals surface area contributed by atoms with Crippen LogP contribution in [0.25, 0.3) is 0 Å². The summed E-state index contributed by atoms with van der Waals surface area (Å²) in [6.45, 7) is 7.88. The molecule has 1 aromatic carbocycles. The molecule has 0 saturated carbocycles. The summed E-state index contributed by atoms with van der Waals surface area (Å²) >= 11 is 0. The SMILES string of the molecule is Cc1cc(C)c(C(=O)NC(Cc2ccccc2)CN2CCOCC2)o1. The third kappa shape index (κ3) is 4.94. The Kier molecular flexibility index (Phi) is 5.89. The molecule has 1 fully saturated rings. The van der Waals surface area contributed by atoms with Gasteiger partial charge in [0.1, 0.15) is 5.76 Å². The summed E-state index contributed by atoms with van der Waals surface area (Å²) in [7, 11) is 0. The number of nitrogens with one attached hydrogen (secondary N) is 1. The highest BCUT2D eigenvalue weighted by Gasteiger charge is 2.22. The van der Waals surface area contributed by atoms with E-state index in [4.69, 9.17) is 9.15 Å². The molecule has 2 heterocycles. The van der Waals surface area contributed by atoms with Crippen LogP contribution < -0.4 is 5.32 Å².